The first-order chi connectivity index (χ1) is 12.0. The normalized spacial score (nSPS) is 25.6. The fraction of sp³-hybridized carbons (Fsp3) is 0.600. The number of nitrogens with zero attached hydrogens (tertiary/aromatic N) is 2. The third-order valence-electron chi connectivity index (χ3n) is 5.63. The Morgan fingerprint density at radius 2 is 1.88 bits per heavy atom. The molecule has 5 heteroatoms. The number of carbonyl (C=O) groups excluding carboxylic acids is 2. The van der Waals surface area contributed by atoms with Crippen LogP contribution in [0.2, 0.25) is 0 Å². The smallest absolute Gasteiger partial charge is 0.225 e. The lowest BCUT2D eigenvalue weighted by atomic mass is 9.96. The van der Waals surface area contributed by atoms with Crippen molar-refractivity contribution in [2.24, 2.45) is 5.92 Å². The molecule has 25 heavy (non-hydrogen) atoms. The van der Waals surface area contributed by atoms with E-state index in [0.717, 1.165) is 38.9 Å². The van der Waals surface area contributed by atoms with Gasteiger partial charge in [-0.2, -0.15) is 0 Å². The topological polar surface area (TPSA) is 52.7 Å². The van der Waals surface area contributed by atoms with E-state index in [2.05, 4.69) is 41.4 Å². The molecule has 2 saturated heterocycles. The molecule has 2 aliphatic rings. The molecule has 0 aliphatic carbocycles. The summed E-state index contributed by atoms with van der Waals surface area (Å²) in [5.41, 5.74) is 1.32. The van der Waals surface area contributed by atoms with Crippen molar-refractivity contribution in [3.63, 3.8) is 0 Å². The first-order valence-corrected chi connectivity index (χ1v) is 9.39. The maximum atomic E-state index is 12.6. The summed E-state index contributed by atoms with van der Waals surface area (Å²) in [6.45, 7) is 7.06. The summed E-state index contributed by atoms with van der Waals surface area (Å²) < 4.78 is 0. The second-order valence-electron chi connectivity index (χ2n) is 7.38. The molecule has 3 rings (SSSR count). The Kier molecular flexibility index (Phi) is 5.74. The molecular weight excluding hydrogens is 314 g/mol. The van der Waals surface area contributed by atoms with Crippen molar-refractivity contribution in [3.05, 3.63) is 35.9 Å². The van der Waals surface area contributed by atoms with Crippen molar-refractivity contribution in [1.29, 1.82) is 0 Å². The van der Waals surface area contributed by atoms with Crippen LogP contribution in [-0.2, 0) is 9.59 Å². The lowest BCUT2D eigenvalue weighted by Gasteiger charge is -2.32. The second-order valence-corrected chi connectivity index (χ2v) is 7.38. The van der Waals surface area contributed by atoms with Crippen molar-refractivity contribution in [2.45, 2.75) is 45.2 Å². The van der Waals surface area contributed by atoms with Gasteiger partial charge in [-0.3, -0.25) is 14.5 Å². The molecule has 2 heterocycles. The molecular formula is C20H29N3O2. The van der Waals surface area contributed by atoms with Crippen LogP contribution in [0.5, 0.6) is 0 Å². The van der Waals surface area contributed by atoms with E-state index in [0.29, 0.717) is 12.6 Å². The zero-order valence-electron chi connectivity index (χ0n) is 15.3. The number of rotatable bonds is 4. The largest absolute Gasteiger partial charge is 0.352 e. The molecule has 1 aromatic rings. The van der Waals surface area contributed by atoms with Crippen molar-refractivity contribution < 1.29 is 9.59 Å². The Labute approximate surface area is 150 Å². The monoisotopic (exact) mass is 343 g/mol. The maximum absolute atomic E-state index is 12.6. The van der Waals surface area contributed by atoms with E-state index < -0.39 is 0 Å². The molecule has 0 unspecified atom stereocenters. The molecule has 0 saturated carbocycles. The standard InChI is InChI=1S/C20H29N3O2/c1-15(17-7-4-3-5-8-17)22-12-10-19(14-22)21-20(25)18-9-6-11-23(13-18)16(2)24/h3-5,7-8,15,18-19H,6,9-14H2,1-2H3,(H,21,25)/t15-,18+,19-/m1/s1. The minimum absolute atomic E-state index is 0.0572. The van der Waals surface area contributed by atoms with Gasteiger partial charge in [-0.15, -0.1) is 0 Å². The predicted molar refractivity (Wildman–Crippen MR) is 98.0 cm³/mol. The Bertz CT molecular complexity index is 604. The lowest BCUT2D eigenvalue weighted by Crippen LogP contribution is -2.47. The van der Waals surface area contributed by atoms with Gasteiger partial charge in [0.25, 0.3) is 0 Å². The highest BCUT2D eigenvalue weighted by Gasteiger charge is 2.31. The fourth-order valence-electron chi connectivity index (χ4n) is 4.00. The molecule has 0 radical (unpaired) electrons. The van der Waals surface area contributed by atoms with E-state index >= 15 is 0 Å². The highest BCUT2D eigenvalue weighted by Crippen LogP contribution is 2.25. The first kappa shape index (κ1) is 17.9. The average Bonchev–Trinajstić information content (AvgIpc) is 3.10. The van der Waals surface area contributed by atoms with E-state index in [4.69, 9.17) is 0 Å². The molecule has 3 atom stereocenters. The second kappa shape index (κ2) is 8.00. The lowest BCUT2D eigenvalue weighted by molar-refractivity contribution is -0.134. The summed E-state index contributed by atoms with van der Waals surface area (Å²) in [6.07, 6.45) is 2.79. The van der Waals surface area contributed by atoms with Gasteiger partial charge >= 0.3 is 0 Å². The van der Waals surface area contributed by atoms with Crippen molar-refractivity contribution >= 4 is 11.8 Å². The summed E-state index contributed by atoms with van der Waals surface area (Å²) in [5.74, 6) is 0.129. The molecule has 0 bridgehead atoms. The zero-order chi connectivity index (χ0) is 17.8. The highest BCUT2D eigenvalue weighted by atomic mass is 16.2. The van der Waals surface area contributed by atoms with Crippen molar-refractivity contribution in [1.82, 2.24) is 15.1 Å². The maximum Gasteiger partial charge on any atom is 0.225 e. The Morgan fingerprint density at radius 1 is 1.12 bits per heavy atom. The third-order valence-corrected chi connectivity index (χ3v) is 5.63. The van der Waals surface area contributed by atoms with Crippen LogP contribution >= 0.6 is 0 Å². The number of hydrogen-bond donors (Lipinski definition) is 1. The van der Waals surface area contributed by atoms with Crippen LogP contribution in [0.3, 0.4) is 0 Å². The number of piperidine rings is 1. The van der Waals surface area contributed by atoms with Crippen LogP contribution in [0.15, 0.2) is 30.3 Å². The number of hydrogen-bond acceptors (Lipinski definition) is 3. The van der Waals surface area contributed by atoms with Gasteiger partial charge in [0.15, 0.2) is 0 Å². The van der Waals surface area contributed by atoms with E-state index in [-0.39, 0.29) is 23.8 Å². The number of amides is 2. The fourth-order valence-corrected chi connectivity index (χ4v) is 4.00. The van der Waals surface area contributed by atoms with Crippen LogP contribution < -0.4 is 5.32 Å². The van der Waals surface area contributed by atoms with Gasteiger partial charge in [-0.25, -0.2) is 0 Å². The molecule has 2 amide bonds. The molecule has 5 nitrogen and oxygen atoms in total. The SMILES string of the molecule is CC(=O)N1CCC[C@H](C(=O)N[C@@H]2CCN([C@H](C)c3ccccc3)C2)C1. The van der Waals surface area contributed by atoms with Crippen LogP contribution in [0.4, 0.5) is 0 Å². The zero-order valence-corrected chi connectivity index (χ0v) is 15.3. The van der Waals surface area contributed by atoms with Gasteiger partial charge in [-0.1, -0.05) is 30.3 Å². The first-order valence-electron chi connectivity index (χ1n) is 9.39. The van der Waals surface area contributed by atoms with Gasteiger partial charge in [0, 0.05) is 45.2 Å². The van der Waals surface area contributed by atoms with E-state index in [9.17, 15) is 9.59 Å². The van der Waals surface area contributed by atoms with E-state index in [1.165, 1.54) is 5.56 Å². The van der Waals surface area contributed by atoms with Gasteiger partial charge in [-0.05, 0) is 31.7 Å². The highest BCUT2D eigenvalue weighted by molar-refractivity contribution is 5.81. The molecule has 136 valence electrons. The molecule has 1 aromatic carbocycles. The van der Waals surface area contributed by atoms with E-state index in [1.54, 1.807) is 11.8 Å². The average molecular weight is 343 g/mol. The Hall–Kier alpha value is -1.88. The predicted octanol–water partition coefficient (Wildman–Crippen LogP) is 2.20. The Morgan fingerprint density at radius 3 is 2.60 bits per heavy atom. The number of likely N-dealkylation sites (tertiary alicyclic amines) is 2. The minimum atomic E-state index is -0.0572. The number of benzene rings is 1. The van der Waals surface area contributed by atoms with Gasteiger partial charge in [0.2, 0.25) is 11.8 Å². The minimum Gasteiger partial charge on any atom is -0.352 e. The molecule has 2 aliphatic heterocycles. The van der Waals surface area contributed by atoms with Crippen LogP contribution in [0.1, 0.15) is 44.7 Å². The number of carbonyl (C=O) groups is 2. The third kappa shape index (κ3) is 4.40. The van der Waals surface area contributed by atoms with Crippen molar-refractivity contribution in [2.75, 3.05) is 26.2 Å². The quantitative estimate of drug-likeness (QED) is 0.912. The molecule has 0 spiro atoms. The molecule has 2 fully saturated rings. The summed E-state index contributed by atoms with van der Waals surface area (Å²) in [6, 6.07) is 11.1. The van der Waals surface area contributed by atoms with Gasteiger partial charge < -0.3 is 10.2 Å². The number of nitrogens with one attached hydrogen (secondary N) is 1. The van der Waals surface area contributed by atoms with Gasteiger partial charge in [0.05, 0.1) is 5.92 Å². The molecule has 0 aromatic heterocycles. The summed E-state index contributed by atoms with van der Waals surface area (Å²) in [5, 5.41) is 3.23. The Balaban J connectivity index is 1.51. The summed E-state index contributed by atoms with van der Waals surface area (Å²) in [4.78, 5) is 28.4. The summed E-state index contributed by atoms with van der Waals surface area (Å²) in [7, 11) is 0. The van der Waals surface area contributed by atoms with E-state index in [1.807, 2.05) is 6.07 Å². The van der Waals surface area contributed by atoms with Crippen LogP contribution in [0.25, 0.3) is 0 Å². The summed E-state index contributed by atoms with van der Waals surface area (Å²) >= 11 is 0. The van der Waals surface area contributed by atoms with Crippen molar-refractivity contribution in [3.8, 4) is 0 Å². The van der Waals surface area contributed by atoms with Crippen LogP contribution in [0, 0.1) is 5.92 Å². The van der Waals surface area contributed by atoms with Gasteiger partial charge in [0.1, 0.15) is 0 Å². The van der Waals surface area contributed by atoms with Crippen LogP contribution in [-0.4, -0.2) is 53.8 Å². The molecule has 1 N–H and O–H groups in total.